The van der Waals surface area contributed by atoms with Crippen molar-refractivity contribution in [3.05, 3.63) is 11.6 Å². The smallest absolute Gasteiger partial charge is 0.312 e. The molecule has 3 aliphatic heterocycles. The van der Waals surface area contributed by atoms with Crippen molar-refractivity contribution >= 4 is 5.97 Å². The lowest BCUT2D eigenvalue weighted by Gasteiger charge is -2.72. The molecule has 0 spiro atoms. The first-order chi connectivity index (χ1) is 30.2. The van der Waals surface area contributed by atoms with Gasteiger partial charge in [-0.3, -0.25) is 4.79 Å². The van der Waals surface area contributed by atoms with E-state index in [1.54, 1.807) is 0 Å². The fourth-order valence-corrected chi connectivity index (χ4v) is 14.8. The van der Waals surface area contributed by atoms with Gasteiger partial charge in [0.15, 0.2) is 18.9 Å². The Morgan fingerprint density at radius 3 is 2.06 bits per heavy atom. The highest BCUT2D eigenvalue weighted by molar-refractivity contribution is 5.78. The molecule has 0 aromatic carbocycles. The van der Waals surface area contributed by atoms with Crippen LogP contribution in [0.4, 0.5) is 0 Å². The number of carboxylic acid groups (broad SMARTS) is 1. The molecule has 3 saturated heterocycles. The summed E-state index contributed by atoms with van der Waals surface area (Å²) in [7, 11) is 0. The highest BCUT2D eigenvalue weighted by Crippen LogP contribution is 2.76. The summed E-state index contributed by atoms with van der Waals surface area (Å²) >= 11 is 0. The Morgan fingerprint density at radius 1 is 0.708 bits per heavy atom. The zero-order chi connectivity index (χ0) is 47.7. The SMILES string of the molecule is CC1OC(OCC2OC(OC3CCC4(C)C(CCC5(C)C4CC=C4C6CC(C)(C)C(O)CC6(C(=O)O)C(O)CC45C)C3(C)C)C(O)C(O)C2O)C(OC2OCC(O)C(O)C2O)C(O)C1O. The van der Waals surface area contributed by atoms with Gasteiger partial charge in [0.2, 0.25) is 0 Å². The minimum Gasteiger partial charge on any atom is -0.481 e. The van der Waals surface area contributed by atoms with Crippen molar-refractivity contribution in [2.24, 2.45) is 50.2 Å². The quantitative estimate of drug-likeness (QED) is 0.115. The molecule has 8 aliphatic rings. The Hall–Kier alpha value is -1.43. The van der Waals surface area contributed by atoms with Crippen LogP contribution in [0.3, 0.4) is 0 Å². The molecular formula is C47H76O18. The summed E-state index contributed by atoms with van der Waals surface area (Å²) in [6, 6.07) is 0. The van der Waals surface area contributed by atoms with Gasteiger partial charge in [-0.1, -0.05) is 60.1 Å². The number of aliphatic hydroxyl groups is 10. The molecule has 5 aliphatic carbocycles. The molecular weight excluding hydrogens is 852 g/mol. The average molecular weight is 929 g/mol. The van der Waals surface area contributed by atoms with Crippen molar-refractivity contribution < 1.29 is 89.4 Å². The molecule has 372 valence electrons. The van der Waals surface area contributed by atoms with Crippen molar-refractivity contribution in [1.29, 1.82) is 0 Å². The van der Waals surface area contributed by atoms with Gasteiger partial charge in [0, 0.05) is 0 Å². The first-order valence-electron chi connectivity index (χ1n) is 23.8. The van der Waals surface area contributed by atoms with Gasteiger partial charge >= 0.3 is 5.97 Å². The van der Waals surface area contributed by atoms with Crippen LogP contribution in [0.25, 0.3) is 0 Å². The van der Waals surface area contributed by atoms with Crippen LogP contribution >= 0.6 is 0 Å². The normalized spacial score (nSPS) is 55.1. The Bertz CT molecular complexity index is 1800. The monoisotopic (exact) mass is 929 g/mol. The Morgan fingerprint density at radius 2 is 1.38 bits per heavy atom. The number of hydrogen-bond acceptors (Lipinski definition) is 17. The molecule has 0 aromatic heterocycles. The van der Waals surface area contributed by atoms with Gasteiger partial charge in [0.05, 0.1) is 37.6 Å². The highest BCUT2D eigenvalue weighted by atomic mass is 16.8. The largest absolute Gasteiger partial charge is 0.481 e. The number of ether oxygens (including phenoxy) is 6. The van der Waals surface area contributed by atoms with E-state index in [4.69, 9.17) is 28.4 Å². The second-order valence-corrected chi connectivity index (χ2v) is 23.2. The van der Waals surface area contributed by atoms with Gasteiger partial charge in [0.1, 0.15) is 66.5 Å². The zero-order valence-corrected chi connectivity index (χ0v) is 39.0. The Balaban J connectivity index is 0.979. The summed E-state index contributed by atoms with van der Waals surface area (Å²) in [4.78, 5) is 13.2. The number of aliphatic carboxylic acids is 1. The first-order valence-corrected chi connectivity index (χ1v) is 23.8. The number of carboxylic acids is 1. The summed E-state index contributed by atoms with van der Waals surface area (Å²) in [6.07, 6.45) is -16.5. The van der Waals surface area contributed by atoms with Gasteiger partial charge in [0.25, 0.3) is 0 Å². The molecule has 0 radical (unpaired) electrons. The fraction of sp³-hybridized carbons (Fsp3) is 0.936. The maximum absolute atomic E-state index is 13.2. The summed E-state index contributed by atoms with van der Waals surface area (Å²) in [5, 5.41) is 120. The van der Waals surface area contributed by atoms with Crippen molar-refractivity contribution in [2.75, 3.05) is 13.2 Å². The van der Waals surface area contributed by atoms with E-state index in [1.807, 2.05) is 13.8 Å². The van der Waals surface area contributed by atoms with Crippen LogP contribution in [0, 0.1) is 50.2 Å². The van der Waals surface area contributed by atoms with Crippen molar-refractivity contribution in [1.82, 2.24) is 0 Å². The number of fused-ring (bicyclic) bond motifs is 7. The van der Waals surface area contributed by atoms with Gasteiger partial charge in [-0.25, -0.2) is 0 Å². The topological polar surface area (TPSA) is 295 Å². The summed E-state index contributed by atoms with van der Waals surface area (Å²) in [5.74, 6) is -1.14. The predicted octanol–water partition coefficient (Wildman–Crippen LogP) is 0.315. The van der Waals surface area contributed by atoms with E-state index < -0.39 is 144 Å². The van der Waals surface area contributed by atoms with Crippen LogP contribution in [-0.2, 0) is 33.2 Å². The third-order valence-electron chi connectivity index (χ3n) is 19.1. The first kappa shape index (κ1) is 50.0. The molecule has 0 bridgehead atoms. The molecule has 0 aromatic rings. The zero-order valence-electron chi connectivity index (χ0n) is 39.0. The molecule has 65 heavy (non-hydrogen) atoms. The van der Waals surface area contributed by atoms with Gasteiger partial charge < -0.3 is 84.6 Å². The molecule has 7 fully saturated rings. The van der Waals surface area contributed by atoms with E-state index in [0.717, 1.165) is 31.3 Å². The van der Waals surface area contributed by atoms with Crippen molar-refractivity contribution in [3.63, 3.8) is 0 Å². The Kier molecular flexibility index (Phi) is 13.2. The number of hydrogen-bond donors (Lipinski definition) is 11. The molecule has 4 saturated carbocycles. The maximum Gasteiger partial charge on any atom is 0.312 e. The lowest BCUT2D eigenvalue weighted by molar-refractivity contribution is -0.365. The predicted molar refractivity (Wildman–Crippen MR) is 226 cm³/mol. The van der Waals surface area contributed by atoms with Gasteiger partial charge in [-0.2, -0.15) is 0 Å². The standard InChI is InChI=1S/C47H76O18/c1-20-30(51)34(55)37(65-38-35(56)31(52)23(48)18-60-38)40(62-20)61-19-24-32(53)33(54)36(57)39(63-24)64-29-12-13-44(6)25(43(29,4)5)11-14-45(7)26(44)10-9-21-22-15-42(2,3)27(49)17-47(22,41(58)59)28(50)16-46(21,45)8/h9,20,22-40,48-57H,10-19H2,1-8H3,(H,58,59). The van der Waals surface area contributed by atoms with Crippen LogP contribution < -0.4 is 0 Å². The minimum absolute atomic E-state index is 0.00745. The lowest BCUT2D eigenvalue weighted by atomic mass is 9.33. The van der Waals surface area contributed by atoms with E-state index >= 15 is 0 Å². The molecule has 24 atom stereocenters. The maximum atomic E-state index is 13.2. The molecule has 24 unspecified atom stereocenters. The van der Waals surface area contributed by atoms with E-state index in [9.17, 15) is 61.0 Å². The highest BCUT2D eigenvalue weighted by Gasteiger charge is 2.72. The summed E-state index contributed by atoms with van der Waals surface area (Å²) in [5.41, 5.74) is -2.31. The lowest BCUT2D eigenvalue weighted by Crippen LogP contribution is -2.68. The van der Waals surface area contributed by atoms with E-state index in [1.165, 1.54) is 6.92 Å². The number of allylic oxidation sites excluding steroid dienone is 2. The third-order valence-corrected chi connectivity index (χ3v) is 19.1. The van der Waals surface area contributed by atoms with Gasteiger partial charge in [-0.05, 0) is 103 Å². The number of carbonyl (C=O) groups is 1. The fourth-order valence-electron chi connectivity index (χ4n) is 14.8. The Labute approximate surface area is 380 Å². The van der Waals surface area contributed by atoms with Crippen LogP contribution in [0.15, 0.2) is 11.6 Å². The number of aliphatic hydroxyl groups excluding tert-OH is 10. The van der Waals surface area contributed by atoms with E-state index in [2.05, 4.69) is 40.7 Å². The van der Waals surface area contributed by atoms with Crippen molar-refractivity contribution in [2.45, 2.75) is 211 Å². The minimum atomic E-state index is -1.72. The second-order valence-electron chi connectivity index (χ2n) is 23.2. The van der Waals surface area contributed by atoms with Crippen LogP contribution in [0.5, 0.6) is 0 Å². The van der Waals surface area contributed by atoms with E-state index in [-0.39, 0.29) is 35.7 Å². The van der Waals surface area contributed by atoms with Crippen LogP contribution in [0.1, 0.15) is 107 Å². The molecule has 11 N–H and O–H groups in total. The molecule has 18 heteroatoms. The second kappa shape index (κ2) is 17.2. The molecule has 3 heterocycles. The van der Waals surface area contributed by atoms with E-state index in [0.29, 0.717) is 19.3 Å². The van der Waals surface area contributed by atoms with Crippen LogP contribution in [0.2, 0.25) is 0 Å². The number of rotatable bonds is 8. The summed E-state index contributed by atoms with van der Waals surface area (Å²) in [6.45, 7) is 15.8. The molecule has 18 nitrogen and oxygen atoms in total. The van der Waals surface area contributed by atoms with Crippen LogP contribution in [-0.4, -0.2) is 180 Å². The molecule has 8 rings (SSSR count). The third kappa shape index (κ3) is 7.62. The van der Waals surface area contributed by atoms with Crippen molar-refractivity contribution in [3.8, 4) is 0 Å². The average Bonchev–Trinajstić information content (AvgIpc) is 3.22. The summed E-state index contributed by atoms with van der Waals surface area (Å²) < 4.78 is 35.7. The molecule has 0 amide bonds. The van der Waals surface area contributed by atoms with Gasteiger partial charge in [-0.15, -0.1) is 0 Å².